The highest BCUT2D eigenvalue weighted by Crippen LogP contribution is 2.40. The lowest BCUT2D eigenvalue weighted by atomic mass is 9.98. The van der Waals surface area contributed by atoms with E-state index in [2.05, 4.69) is 36.5 Å². The van der Waals surface area contributed by atoms with Gasteiger partial charge in [-0.1, -0.05) is 42.0 Å². The summed E-state index contributed by atoms with van der Waals surface area (Å²) in [5.41, 5.74) is 5.17. The first-order valence-corrected chi connectivity index (χ1v) is 9.21. The van der Waals surface area contributed by atoms with Gasteiger partial charge in [0, 0.05) is 20.3 Å². The van der Waals surface area contributed by atoms with Crippen LogP contribution in [0.4, 0.5) is 5.69 Å². The normalized spacial score (nSPS) is 15.2. The van der Waals surface area contributed by atoms with E-state index >= 15 is 0 Å². The van der Waals surface area contributed by atoms with Gasteiger partial charge in [-0.2, -0.15) is 0 Å². The topological polar surface area (TPSA) is 61.0 Å². The quantitative estimate of drug-likeness (QED) is 0.559. The summed E-state index contributed by atoms with van der Waals surface area (Å²) < 4.78 is 4.77. The number of hydrogen-bond donors (Lipinski definition) is 1. The molecule has 0 fully saturated rings. The first-order valence-electron chi connectivity index (χ1n) is 9.21. The molecule has 0 spiro atoms. The van der Waals surface area contributed by atoms with Crippen LogP contribution in [0.25, 0.3) is 16.6 Å². The SMILES string of the molecule is Cc1ccc([C@@H]2Nc3ccccc3-n3cc4c(=O)n(C)c(=O)n(C)c4c32)cc1. The molecule has 28 heavy (non-hydrogen) atoms. The van der Waals surface area contributed by atoms with Crippen LogP contribution in [-0.2, 0) is 14.1 Å². The highest BCUT2D eigenvalue weighted by atomic mass is 16.2. The zero-order valence-corrected chi connectivity index (χ0v) is 15.9. The van der Waals surface area contributed by atoms with Gasteiger partial charge in [-0.05, 0) is 24.6 Å². The van der Waals surface area contributed by atoms with Crippen molar-refractivity contribution in [3.8, 4) is 5.69 Å². The molecule has 1 N–H and O–H groups in total. The highest BCUT2D eigenvalue weighted by molar-refractivity contribution is 5.86. The third-order valence-corrected chi connectivity index (χ3v) is 5.61. The summed E-state index contributed by atoms with van der Waals surface area (Å²) >= 11 is 0. The van der Waals surface area contributed by atoms with Gasteiger partial charge >= 0.3 is 5.69 Å². The summed E-state index contributed by atoms with van der Waals surface area (Å²) in [5, 5.41) is 4.14. The van der Waals surface area contributed by atoms with Crippen LogP contribution in [0.5, 0.6) is 0 Å². The summed E-state index contributed by atoms with van der Waals surface area (Å²) in [4.78, 5) is 25.5. The fraction of sp³-hybridized carbons (Fsp3) is 0.182. The molecule has 2 aromatic carbocycles. The van der Waals surface area contributed by atoms with E-state index in [1.165, 1.54) is 12.6 Å². The van der Waals surface area contributed by atoms with Gasteiger partial charge < -0.3 is 9.88 Å². The number of benzene rings is 2. The number of rotatable bonds is 1. The van der Waals surface area contributed by atoms with Gasteiger partial charge in [0.1, 0.15) is 0 Å². The van der Waals surface area contributed by atoms with Crippen molar-refractivity contribution in [2.24, 2.45) is 14.1 Å². The van der Waals surface area contributed by atoms with E-state index in [1.807, 2.05) is 35.0 Å². The van der Waals surface area contributed by atoms with Crippen LogP contribution in [-0.4, -0.2) is 13.7 Å². The minimum absolute atomic E-state index is 0.175. The minimum Gasteiger partial charge on any atom is -0.371 e. The van der Waals surface area contributed by atoms with E-state index in [1.54, 1.807) is 11.6 Å². The Morgan fingerprint density at radius 2 is 1.64 bits per heavy atom. The average Bonchev–Trinajstić information content (AvgIpc) is 3.12. The number of aryl methyl sites for hydroxylation is 2. The van der Waals surface area contributed by atoms with Gasteiger partial charge in [0.05, 0.1) is 34.0 Å². The smallest absolute Gasteiger partial charge is 0.331 e. The average molecular weight is 372 g/mol. The first-order chi connectivity index (χ1) is 13.5. The molecule has 6 nitrogen and oxygen atoms in total. The van der Waals surface area contributed by atoms with E-state index in [4.69, 9.17) is 0 Å². The van der Waals surface area contributed by atoms with Gasteiger partial charge in [0.2, 0.25) is 0 Å². The van der Waals surface area contributed by atoms with Crippen LogP contribution in [0.1, 0.15) is 22.9 Å². The molecule has 0 amide bonds. The number of nitrogens with one attached hydrogen (secondary N) is 1. The zero-order valence-electron chi connectivity index (χ0n) is 15.9. The van der Waals surface area contributed by atoms with Gasteiger partial charge in [-0.25, -0.2) is 4.79 Å². The second-order valence-corrected chi connectivity index (χ2v) is 7.36. The molecule has 0 saturated carbocycles. The standard InChI is InChI=1S/C22H20N4O2/c1-13-8-10-14(11-9-13)18-20-19-15(21(27)25(3)22(28)24(19)2)12-26(20)17-7-5-4-6-16(17)23-18/h4-12,18,23H,1-3H3/t18-/m0/s1. The molecule has 3 heterocycles. The zero-order chi connectivity index (χ0) is 19.6. The van der Waals surface area contributed by atoms with E-state index in [0.717, 1.165) is 27.2 Å². The molecule has 1 atom stereocenters. The molecule has 1 aliphatic heterocycles. The maximum atomic E-state index is 12.8. The van der Waals surface area contributed by atoms with Crippen molar-refractivity contribution in [3.63, 3.8) is 0 Å². The third kappa shape index (κ3) is 2.14. The fourth-order valence-electron chi connectivity index (χ4n) is 4.11. The molecule has 6 heteroatoms. The number of aromatic nitrogens is 3. The van der Waals surface area contributed by atoms with Crippen molar-refractivity contribution in [3.05, 3.63) is 92.4 Å². The van der Waals surface area contributed by atoms with Gasteiger partial charge in [-0.15, -0.1) is 0 Å². The van der Waals surface area contributed by atoms with Gasteiger partial charge in [0.25, 0.3) is 5.56 Å². The summed E-state index contributed by atoms with van der Waals surface area (Å²) in [7, 11) is 3.24. The predicted molar refractivity (Wildman–Crippen MR) is 110 cm³/mol. The molecule has 140 valence electrons. The lowest BCUT2D eigenvalue weighted by Crippen LogP contribution is -2.37. The summed E-state index contributed by atoms with van der Waals surface area (Å²) in [6.07, 6.45) is 1.85. The molecule has 0 unspecified atom stereocenters. The predicted octanol–water partition coefficient (Wildman–Crippen LogP) is 2.85. The number of anilines is 1. The second kappa shape index (κ2) is 5.73. The summed E-state index contributed by atoms with van der Waals surface area (Å²) in [6.45, 7) is 2.05. The van der Waals surface area contributed by atoms with E-state index in [9.17, 15) is 9.59 Å². The molecule has 2 aromatic heterocycles. The Hall–Kier alpha value is -3.54. The van der Waals surface area contributed by atoms with E-state index in [0.29, 0.717) is 10.9 Å². The van der Waals surface area contributed by atoms with Crippen LogP contribution in [0, 0.1) is 6.92 Å². The maximum absolute atomic E-state index is 12.8. The number of fused-ring (bicyclic) bond motifs is 5. The number of nitrogens with zero attached hydrogens (tertiary/aromatic N) is 3. The van der Waals surface area contributed by atoms with Crippen LogP contribution in [0.2, 0.25) is 0 Å². The van der Waals surface area contributed by atoms with Crippen molar-refractivity contribution >= 4 is 16.6 Å². The maximum Gasteiger partial charge on any atom is 0.331 e. The van der Waals surface area contributed by atoms with E-state index < -0.39 is 0 Å². The number of para-hydroxylation sites is 2. The summed E-state index contributed by atoms with van der Waals surface area (Å²) in [5.74, 6) is 0. The van der Waals surface area contributed by atoms with Crippen molar-refractivity contribution < 1.29 is 0 Å². The Morgan fingerprint density at radius 3 is 2.39 bits per heavy atom. The second-order valence-electron chi connectivity index (χ2n) is 7.36. The van der Waals surface area contributed by atoms with Gasteiger partial charge in [0.15, 0.2) is 0 Å². The molecule has 4 aromatic rings. The number of hydrogen-bond acceptors (Lipinski definition) is 3. The third-order valence-electron chi connectivity index (χ3n) is 5.61. The molecule has 5 rings (SSSR count). The minimum atomic E-state index is -0.326. The van der Waals surface area contributed by atoms with Crippen molar-refractivity contribution in [2.75, 3.05) is 5.32 Å². The van der Waals surface area contributed by atoms with E-state index in [-0.39, 0.29) is 17.3 Å². The molecular weight excluding hydrogens is 352 g/mol. The van der Waals surface area contributed by atoms with Crippen molar-refractivity contribution in [2.45, 2.75) is 13.0 Å². The lowest BCUT2D eigenvalue weighted by molar-refractivity contribution is 0.708. The van der Waals surface area contributed by atoms with Crippen molar-refractivity contribution in [1.82, 2.24) is 13.7 Å². The van der Waals surface area contributed by atoms with Crippen LogP contribution < -0.4 is 16.6 Å². The Balaban J connectivity index is 1.93. The first kappa shape index (κ1) is 16.6. The Labute approximate surface area is 161 Å². The molecule has 0 saturated heterocycles. The molecule has 0 aliphatic carbocycles. The van der Waals surface area contributed by atoms with Crippen LogP contribution in [0.3, 0.4) is 0 Å². The lowest BCUT2D eigenvalue weighted by Gasteiger charge is -2.30. The molecular formula is C22H20N4O2. The van der Waals surface area contributed by atoms with Gasteiger partial charge in [-0.3, -0.25) is 13.9 Å². The molecule has 0 bridgehead atoms. The highest BCUT2D eigenvalue weighted by Gasteiger charge is 2.30. The Morgan fingerprint density at radius 1 is 0.929 bits per heavy atom. The Kier molecular flexibility index (Phi) is 3.40. The van der Waals surface area contributed by atoms with Crippen LogP contribution >= 0.6 is 0 Å². The molecule has 1 aliphatic rings. The summed E-state index contributed by atoms with van der Waals surface area (Å²) in [6, 6.07) is 16.1. The Bertz CT molecular complexity index is 1360. The largest absolute Gasteiger partial charge is 0.371 e. The molecule has 0 radical (unpaired) electrons. The fourth-order valence-corrected chi connectivity index (χ4v) is 4.11. The van der Waals surface area contributed by atoms with Crippen LogP contribution in [0.15, 0.2) is 64.3 Å². The monoisotopic (exact) mass is 372 g/mol. The van der Waals surface area contributed by atoms with Crippen molar-refractivity contribution in [1.29, 1.82) is 0 Å².